The summed E-state index contributed by atoms with van der Waals surface area (Å²) in [6.45, 7) is 0. The molecule has 0 aliphatic heterocycles. The molecule has 1 fully saturated rings. The molecule has 0 bridgehead atoms. The third kappa shape index (κ3) is 4.95. The van der Waals surface area contributed by atoms with Gasteiger partial charge in [0.1, 0.15) is 0 Å². The maximum absolute atomic E-state index is 10.4. The first-order valence-electron chi connectivity index (χ1n) is 4.01. The summed E-state index contributed by atoms with van der Waals surface area (Å²) in [4.78, 5) is 10.4. The molecule has 0 saturated heterocycles. The Morgan fingerprint density at radius 2 is 1.55 bits per heavy atom. The zero-order valence-electron chi connectivity index (χ0n) is 7.14. The van der Waals surface area contributed by atoms with Crippen molar-refractivity contribution >= 4 is 5.97 Å². The van der Waals surface area contributed by atoms with Gasteiger partial charge in [0.15, 0.2) is 0 Å². The molecule has 0 atom stereocenters. The summed E-state index contributed by atoms with van der Waals surface area (Å²) >= 11 is 0. The van der Waals surface area contributed by atoms with Crippen LogP contribution < -0.4 is 74.0 Å². The standard InChI is InChI=1S/C8H14O2.Cs/c9-8(10)7-5-3-1-2-4-6-7;/h7H,1-6H2,(H,9,10);/q;+1/p-1. The Bertz CT molecular complexity index is 117. The molecule has 0 amide bonds. The Kier molecular flexibility index (Phi) is 7.94. The molecular formula is C8H13CsO2. The number of aliphatic carboxylic acids is 1. The first-order valence-corrected chi connectivity index (χ1v) is 4.01. The molecule has 1 aliphatic carbocycles. The van der Waals surface area contributed by atoms with Crippen molar-refractivity contribution in [2.75, 3.05) is 0 Å². The normalized spacial score (nSPS) is 20.0. The Morgan fingerprint density at radius 3 is 1.91 bits per heavy atom. The van der Waals surface area contributed by atoms with Gasteiger partial charge in [-0.2, -0.15) is 0 Å². The smallest absolute Gasteiger partial charge is 0.550 e. The second-order valence-corrected chi connectivity index (χ2v) is 3.01. The van der Waals surface area contributed by atoms with Crippen LogP contribution in [0.4, 0.5) is 0 Å². The summed E-state index contributed by atoms with van der Waals surface area (Å²) in [5, 5.41) is 10.4. The van der Waals surface area contributed by atoms with Gasteiger partial charge < -0.3 is 9.90 Å². The summed E-state index contributed by atoms with van der Waals surface area (Å²) < 4.78 is 0. The minimum atomic E-state index is -0.845. The van der Waals surface area contributed by atoms with Crippen LogP contribution in [0.15, 0.2) is 0 Å². The van der Waals surface area contributed by atoms with E-state index in [1.54, 1.807) is 0 Å². The minimum absolute atomic E-state index is 0. The fourth-order valence-corrected chi connectivity index (χ4v) is 1.52. The SMILES string of the molecule is O=C([O-])C1CCCCCC1.[Cs+]. The van der Waals surface area contributed by atoms with Crippen LogP contribution in [-0.4, -0.2) is 5.97 Å². The van der Waals surface area contributed by atoms with Crippen LogP contribution in [0.5, 0.6) is 0 Å². The average Bonchev–Trinajstić information content (AvgIpc) is 2.12. The third-order valence-corrected chi connectivity index (χ3v) is 2.19. The summed E-state index contributed by atoms with van der Waals surface area (Å²) in [7, 11) is 0. The van der Waals surface area contributed by atoms with Crippen LogP contribution >= 0.6 is 0 Å². The number of rotatable bonds is 1. The van der Waals surface area contributed by atoms with Crippen LogP contribution in [0.3, 0.4) is 0 Å². The quantitative estimate of drug-likeness (QED) is 0.505. The molecule has 0 N–H and O–H groups in total. The van der Waals surface area contributed by atoms with Crippen LogP contribution in [0.25, 0.3) is 0 Å². The number of carboxylic acids is 1. The van der Waals surface area contributed by atoms with E-state index in [0.29, 0.717) is 0 Å². The predicted octanol–water partition coefficient (Wildman–Crippen LogP) is -2.29. The van der Waals surface area contributed by atoms with Crippen LogP contribution in [-0.2, 0) is 4.79 Å². The van der Waals surface area contributed by atoms with E-state index in [0.717, 1.165) is 25.7 Å². The molecule has 0 unspecified atom stereocenters. The number of carbonyl (C=O) groups is 1. The Balaban J connectivity index is 0.000001000. The Hall–Kier alpha value is 1.52. The molecule has 0 aromatic rings. The number of carbonyl (C=O) groups excluding carboxylic acids is 1. The molecule has 11 heavy (non-hydrogen) atoms. The third-order valence-electron chi connectivity index (χ3n) is 2.19. The molecule has 1 aliphatic rings. The van der Waals surface area contributed by atoms with Gasteiger partial charge in [-0.25, -0.2) is 0 Å². The van der Waals surface area contributed by atoms with Gasteiger partial charge in [-0.1, -0.05) is 25.7 Å². The molecule has 58 valence electrons. The first-order chi connectivity index (χ1) is 4.80. The molecule has 3 heteroatoms. The van der Waals surface area contributed by atoms with Gasteiger partial charge in [-0.05, 0) is 18.8 Å². The second-order valence-electron chi connectivity index (χ2n) is 3.01. The van der Waals surface area contributed by atoms with Crippen molar-refractivity contribution in [1.29, 1.82) is 0 Å². The summed E-state index contributed by atoms with van der Waals surface area (Å²) in [5.41, 5.74) is 0. The molecule has 2 nitrogen and oxygen atoms in total. The maximum Gasteiger partial charge on any atom is 1.00 e. The van der Waals surface area contributed by atoms with E-state index in [-0.39, 0.29) is 74.8 Å². The van der Waals surface area contributed by atoms with Crippen molar-refractivity contribution in [3.05, 3.63) is 0 Å². The van der Waals surface area contributed by atoms with Crippen molar-refractivity contribution in [3.63, 3.8) is 0 Å². The van der Waals surface area contributed by atoms with Gasteiger partial charge in [-0.3, -0.25) is 0 Å². The number of carboxylic acid groups (broad SMARTS) is 1. The zero-order valence-corrected chi connectivity index (χ0v) is 13.4. The van der Waals surface area contributed by atoms with E-state index in [9.17, 15) is 9.90 Å². The molecule has 1 rings (SSSR count). The molecule has 0 aromatic heterocycles. The topological polar surface area (TPSA) is 40.1 Å². The molecule has 0 heterocycles. The summed E-state index contributed by atoms with van der Waals surface area (Å²) in [5.74, 6) is -0.996. The van der Waals surface area contributed by atoms with Gasteiger partial charge in [0.05, 0.1) is 0 Å². The van der Waals surface area contributed by atoms with Crippen molar-refractivity contribution < 1.29 is 78.8 Å². The van der Waals surface area contributed by atoms with Crippen LogP contribution in [0, 0.1) is 5.92 Å². The second kappa shape index (κ2) is 6.98. The van der Waals surface area contributed by atoms with Crippen LogP contribution in [0.1, 0.15) is 38.5 Å². The zero-order chi connectivity index (χ0) is 7.40. The van der Waals surface area contributed by atoms with Gasteiger partial charge >= 0.3 is 68.9 Å². The molecule has 0 spiro atoms. The largest absolute Gasteiger partial charge is 1.00 e. The van der Waals surface area contributed by atoms with E-state index in [2.05, 4.69) is 0 Å². The van der Waals surface area contributed by atoms with E-state index in [1.807, 2.05) is 0 Å². The predicted molar refractivity (Wildman–Crippen MR) is 36.2 cm³/mol. The maximum atomic E-state index is 10.4. The van der Waals surface area contributed by atoms with E-state index < -0.39 is 5.97 Å². The summed E-state index contributed by atoms with van der Waals surface area (Å²) in [6, 6.07) is 0. The minimum Gasteiger partial charge on any atom is -0.550 e. The number of hydrogen-bond donors (Lipinski definition) is 0. The molecule has 1 saturated carbocycles. The van der Waals surface area contributed by atoms with Gasteiger partial charge in [0, 0.05) is 5.97 Å². The van der Waals surface area contributed by atoms with Gasteiger partial charge in [-0.15, -0.1) is 0 Å². The van der Waals surface area contributed by atoms with Crippen molar-refractivity contribution in [2.24, 2.45) is 5.92 Å². The van der Waals surface area contributed by atoms with E-state index >= 15 is 0 Å². The van der Waals surface area contributed by atoms with E-state index in [4.69, 9.17) is 0 Å². The fraction of sp³-hybridized carbons (Fsp3) is 0.875. The van der Waals surface area contributed by atoms with Crippen molar-refractivity contribution in [3.8, 4) is 0 Å². The number of hydrogen-bond acceptors (Lipinski definition) is 2. The monoisotopic (exact) mass is 274 g/mol. The fourth-order valence-electron chi connectivity index (χ4n) is 1.52. The summed E-state index contributed by atoms with van der Waals surface area (Å²) in [6.07, 6.45) is 6.20. The van der Waals surface area contributed by atoms with Crippen LogP contribution in [0.2, 0.25) is 0 Å². The first kappa shape index (κ1) is 12.5. The Labute approximate surface area is 127 Å². The average molecular weight is 274 g/mol. The Morgan fingerprint density at radius 1 is 1.09 bits per heavy atom. The van der Waals surface area contributed by atoms with Gasteiger partial charge in [0.2, 0.25) is 0 Å². The van der Waals surface area contributed by atoms with E-state index in [1.165, 1.54) is 12.8 Å². The molecular weight excluding hydrogens is 261 g/mol. The van der Waals surface area contributed by atoms with Gasteiger partial charge in [0.25, 0.3) is 0 Å². The van der Waals surface area contributed by atoms with Crippen molar-refractivity contribution in [1.82, 2.24) is 0 Å². The molecule has 0 radical (unpaired) electrons. The molecule has 0 aromatic carbocycles. The van der Waals surface area contributed by atoms with Crippen molar-refractivity contribution in [2.45, 2.75) is 38.5 Å².